The van der Waals surface area contributed by atoms with E-state index >= 15 is 0 Å². The summed E-state index contributed by atoms with van der Waals surface area (Å²) < 4.78 is 19.5. The first-order chi connectivity index (χ1) is 7.22. The Morgan fingerprint density at radius 3 is 3.13 bits per heavy atom. The van der Waals surface area contributed by atoms with Gasteiger partial charge in [0.05, 0.1) is 11.1 Å². The molecule has 0 aliphatic carbocycles. The highest BCUT2D eigenvalue weighted by atomic mass is 79.9. The Hall–Kier alpha value is -0.610. The van der Waals surface area contributed by atoms with Crippen LogP contribution in [0, 0.1) is 5.82 Å². The van der Waals surface area contributed by atoms with E-state index in [4.69, 9.17) is 4.74 Å². The number of nitrogens with one attached hydrogen (secondary N) is 1. The zero-order chi connectivity index (χ0) is 10.8. The molecule has 4 heteroatoms. The molecule has 1 atom stereocenters. The molecule has 0 saturated carbocycles. The molecule has 0 aromatic heterocycles. The fourth-order valence-corrected chi connectivity index (χ4v) is 2.45. The Balaban J connectivity index is 2.41. The Kier molecular flexibility index (Phi) is 3.26. The molecule has 1 aliphatic heterocycles. The van der Waals surface area contributed by atoms with Crippen molar-refractivity contribution in [2.24, 2.45) is 0 Å². The van der Waals surface area contributed by atoms with E-state index in [2.05, 4.69) is 21.2 Å². The van der Waals surface area contributed by atoms with E-state index in [0.29, 0.717) is 11.1 Å². The van der Waals surface area contributed by atoms with Crippen molar-refractivity contribution in [3.05, 3.63) is 28.0 Å². The summed E-state index contributed by atoms with van der Waals surface area (Å²) in [5.74, 6) is 0.544. The topological polar surface area (TPSA) is 21.3 Å². The molecule has 0 amide bonds. The third kappa shape index (κ3) is 2.16. The number of ether oxygens (including phenoxy) is 1. The number of fused-ring (bicyclic) bond motifs is 1. The van der Waals surface area contributed by atoms with E-state index in [9.17, 15) is 4.39 Å². The van der Waals surface area contributed by atoms with E-state index in [1.807, 2.05) is 6.92 Å². The van der Waals surface area contributed by atoms with Gasteiger partial charge in [-0.3, -0.25) is 0 Å². The lowest BCUT2D eigenvalue weighted by Gasteiger charge is -2.27. The van der Waals surface area contributed by atoms with Crippen LogP contribution < -0.4 is 10.1 Å². The molecule has 0 spiro atoms. The quantitative estimate of drug-likeness (QED) is 0.895. The first kappa shape index (κ1) is 10.9. The highest BCUT2D eigenvalue weighted by Crippen LogP contribution is 2.38. The number of halogens is 2. The minimum absolute atomic E-state index is 0.200. The molecule has 0 saturated heterocycles. The maximum atomic E-state index is 13.3. The minimum atomic E-state index is -0.228. The van der Waals surface area contributed by atoms with Gasteiger partial charge in [0.1, 0.15) is 11.6 Å². The van der Waals surface area contributed by atoms with Gasteiger partial charge >= 0.3 is 0 Å². The van der Waals surface area contributed by atoms with Gasteiger partial charge in [-0.15, -0.1) is 0 Å². The van der Waals surface area contributed by atoms with E-state index in [-0.39, 0.29) is 11.9 Å². The second kappa shape index (κ2) is 4.49. The molecule has 0 radical (unpaired) electrons. The van der Waals surface area contributed by atoms with Gasteiger partial charge in [0.15, 0.2) is 0 Å². The Morgan fingerprint density at radius 2 is 2.40 bits per heavy atom. The van der Waals surface area contributed by atoms with Crippen molar-refractivity contribution in [2.75, 3.05) is 13.2 Å². The van der Waals surface area contributed by atoms with Crippen LogP contribution in [0.1, 0.15) is 24.9 Å². The largest absolute Gasteiger partial charge is 0.492 e. The Labute approximate surface area is 96.9 Å². The van der Waals surface area contributed by atoms with Crippen LogP contribution in [0.5, 0.6) is 5.75 Å². The Bertz CT molecular complexity index is 370. The van der Waals surface area contributed by atoms with Crippen LogP contribution in [0.4, 0.5) is 4.39 Å². The Morgan fingerprint density at radius 1 is 1.60 bits per heavy atom. The van der Waals surface area contributed by atoms with E-state index < -0.39 is 0 Å². The van der Waals surface area contributed by atoms with Crippen LogP contribution in [-0.4, -0.2) is 13.2 Å². The summed E-state index contributed by atoms with van der Waals surface area (Å²) in [6.45, 7) is 3.59. The molecule has 0 fully saturated rings. The summed E-state index contributed by atoms with van der Waals surface area (Å²) in [6, 6.07) is 3.19. The minimum Gasteiger partial charge on any atom is -0.492 e. The summed E-state index contributed by atoms with van der Waals surface area (Å²) >= 11 is 3.32. The molecule has 1 aromatic rings. The molecular weight excluding hydrogens is 261 g/mol. The molecule has 0 bridgehead atoms. The third-order valence-electron chi connectivity index (χ3n) is 2.52. The van der Waals surface area contributed by atoms with Crippen molar-refractivity contribution < 1.29 is 9.13 Å². The normalized spacial score (nSPS) is 19.5. The lowest BCUT2D eigenvalue weighted by Crippen LogP contribution is -2.27. The third-order valence-corrected chi connectivity index (χ3v) is 3.11. The standard InChI is InChI=1S/C11H13BrFNO/c1-2-14-10-3-4-15-11-8(10)5-7(13)6-9(11)12/h5-6,10,14H,2-4H2,1H3. The van der Waals surface area contributed by atoms with Gasteiger partial charge in [-0.2, -0.15) is 0 Å². The van der Waals surface area contributed by atoms with Gasteiger partial charge in [0, 0.05) is 18.0 Å². The van der Waals surface area contributed by atoms with E-state index in [1.165, 1.54) is 6.07 Å². The van der Waals surface area contributed by atoms with Gasteiger partial charge in [-0.25, -0.2) is 4.39 Å². The molecule has 1 aliphatic rings. The van der Waals surface area contributed by atoms with Crippen LogP contribution >= 0.6 is 15.9 Å². The predicted octanol–water partition coefficient (Wildman–Crippen LogP) is 3.02. The predicted molar refractivity (Wildman–Crippen MR) is 60.6 cm³/mol. The number of benzene rings is 1. The van der Waals surface area contributed by atoms with E-state index in [0.717, 1.165) is 24.3 Å². The van der Waals surface area contributed by atoms with Gasteiger partial charge in [0.2, 0.25) is 0 Å². The molecule has 2 nitrogen and oxygen atoms in total. The molecule has 1 unspecified atom stereocenters. The molecule has 1 N–H and O–H groups in total. The lowest BCUT2D eigenvalue weighted by molar-refractivity contribution is 0.251. The van der Waals surface area contributed by atoms with Crippen molar-refractivity contribution in [2.45, 2.75) is 19.4 Å². The molecule has 1 aromatic carbocycles. The summed E-state index contributed by atoms with van der Waals surface area (Å²) in [4.78, 5) is 0. The lowest BCUT2D eigenvalue weighted by atomic mass is 10.0. The van der Waals surface area contributed by atoms with Crippen molar-refractivity contribution in [3.63, 3.8) is 0 Å². The second-order valence-electron chi connectivity index (χ2n) is 3.55. The summed E-state index contributed by atoms with van der Waals surface area (Å²) in [7, 11) is 0. The number of hydrogen-bond acceptors (Lipinski definition) is 2. The van der Waals surface area contributed by atoms with Crippen LogP contribution in [0.25, 0.3) is 0 Å². The van der Waals surface area contributed by atoms with Gasteiger partial charge < -0.3 is 10.1 Å². The second-order valence-corrected chi connectivity index (χ2v) is 4.41. The fourth-order valence-electron chi connectivity index (χ4n) is 1.88. The number of rotatable bonds is 2. The van der Waals surface area contributed by atoms with Crippen molar-refractivity contribution in [1.29, 1.82) is 0 Å². The van der Waals surface area contributed by atoms with Crippen LogP contribution in [0.15, 0.2) is 16.6 Å². The maximum absolute atomic E-state index is 13.3. The van der Waals surface area contributed by atoms with Crippen molar-refractivity contribution >= 4 is 15.9 Å². The average molecular weight is 274 g/mol. The smallest absolute Gasteiger partial charge is 0.138 e. The van der Waals surface area contributed by atoms with Crippen LogP contribution in [-0.2, 0) is 0 Å². The van der Waals surface area contributed by atoms with Crippen LogP contribution in [0.3, 0.4) is 0 Å². The summed E-state index contributed by atoms with van der Waals surface area (Å²) in [5, 5.41) is 3.33. The summed E-state index contributed by atoms with van der Waals surface area (Å²) in [6.07, 6.45) is 0.886. The van der Waals surface area contributed by atoms with Crippen LogP contribution in [0.2, 0.25) is 0 Å². The van der Waals surface area contributed by atoms with Gasteiger partial charge in [-0.05, 0) is 34.6 Å². The van der Waals surface area contributed by atoms with E-state index in [1.54, 1.807) is 6.07 Å². The fraction of sp³-hybridized carbons (Fsp3) is 0.455. The molecule has 82 valence electrons. The first-order valence-electron chi connectivity index (χ1n) is 5.07. The zero-order valence-electron chi connectivity index (χ0n) is 8.52. The van der Waals surface area contributed by atoms with Crippen molar-refractivity contribution in [3.8, 4) is 5.75 Å². The highest BCUT2D eigenvalue weighted by molar-refractivity contribution is 9.10. The molecule has 2 rings (SSSR count). The average Bonchev–Trinajstić information content (AvgIpc) is 2.19. The summed E-state index contributed by atoms with van der Waals surface area (Å²) in [5.41, 5.74) is 0.912. The monoisotopic (exact) mass is 273 g/mol. The van der Waals surface area contributed by atoms with Crippen molar-refractivity contribution in [1.82, 2.24) is 5.32 Å². The molecular formula is C11H13BrFNO. The SMILES string of the molecule is CCNC1CCOc2c(Br)cc(F)cc21. The highest BCUT2D eigenvalue weighted by Gasteiger charge is 2.23. The first-order valence-corrected chi connectivity index (χ1v) is 5.86. The zero-order valence-corrected chi connectivity index (χ0v) is 10.1. The molecule has 15 heavy (non-hydrogen) atoms. The van der Waals surface area contributed by atoms with Gasteiger partial charge in [-0.1, -0.05) is 6.92 Å². The maximum Gasteiger partial charge on any atom is 0.138 e. The van der Waals surface area contributed by atoms with Gasteiger partial charge in [0.25, 0.3) is 0 Å². The molecule has 1 heterocycles. The number of hydrogen-bond donors (Lipinski definition) is 1.